The topological polar surface area (TPSA) is 139 Å². The van der Waals surface area contributed by atoms with Crippen LogP contribution in [0.25, 0.3) is 11.1 Å². The minimum absolute atomic E-state index is 0.0610. The number of nitrogens with two attached hydrogens (primary N) is 1. The average Bonchev–Trinajstić information content (AvgIpc) is 2.67. The third kappa shape index (κ3) is 5.03. The van der Waals surface area contributed by atoms with Crippen LogP contribution in [0.15, 0.2) is 35.5 Å². The van der Waals surface area contributed by atoms with Crippen LogP contribution in [-0.2, 0) is 14.8 Å². The molecule has 150 valence electrons. The number of piperidine rings is 1. The molecule has 2 aromatic heterocycles. The Balaban J connectivity index is 1.83. The third-order valence-corrected chi connectivity index (χ3v) is 5.98. The number of pyridine rings is 2. The number of hydrogen-bond donors (Lipinski definition) is 4. The molecule has 1 amide bonds. The van der Waals surface area contributed by atoms with Gasteiger partial charge in [-0.2, -0.15) is 0 Å². The number of nitrogens with zero attached hydrogens (tertiary/aromatic N) is 2. The second kappa shape index (κ2) is 8.63. The van der Waals surface area contributed by atoms with E-state index in [1.165, 1.54) is 25.4 Å². The Bertz CT molecular complexity index is 958. The van der Waals surface area contributed by atoms with Crippen molar-refractivity contribution < 1.29 is 13.2 Å². The van der Waals surface area contributed by atoms with Crippen LogP contribution in [-0.4, -0.2) is 43.9 Å². The highest BCUT2D eigenvalue weighted by Crippen LogP contribution is 2.26. The number of anilines is 2. The lowest BCUT2D eigenvalue weighted by molar-refractivity contribution is -0.114. The summed E-state index contributed by atoms with van der Waals surface area (Å²) in [5, 5.41) is 5.86. The molecule has 28 heavy (non-hydrogen) atoms. The Hall–Kier alpha value is -2.56. The van der Waals surface area contributed by atoms with Crippen molar-refractivity contribution in [3.05, 3.63) is 30.6 Å². The Kier molecular flexibility index (Phi) is 6.22. The van der Waals surface area contributed by atoms with E-state index in [-0.39, 0.29) is 22.5 Å². The summed E-state index contributed by atoms with van der Waals surface area (Å²) >= 11 is 0. The van der Waals surface area contributed by atoms with Gasteiger partial charge in [-0.05, 0) is 55.6 Å². The number of rotatable bonds is 6. The summed E-state index contributed by atoms with van der Waals surface area (Å²) < 4.78 is 28.2. The van der Waals surface area contributed by atoms with Crippen LogP contribution in [0, 0.1) is 5.92 Å². The molecule has 0 bridgehead atoms. The number of nitrogen functional groups attached to an aromatic ring is 1. The molecular formula is C18H24N6O3S. The van der Waals surface area contributed by atoms with Gasteiger partial charge in [-0.1, -0.05) is 0 Å². The molecular weight excluding hydrogens is 380 g/mol. The summed E-state index contributed by atoms with van der Waals surface area (Å²) in [4.78, 5) is 19.3. The van der Waals surface area contributed by atoms with E-state index in [4.69, 9.17) is 5.73 Å². The van der Waals surface area contributed by atoms with Gasteiger partial charge in [0.15, 0.2) is 0 Å². The lowest BCUT2D eigenvalue weighted by atomic mass is 10.0. The Morgan fingerprint density at radius 2 is 2.14 bits per heavy atom. The van der Waals surface area contributed by atoms with Gasteiger partial charge in [0.1, 0.15) is 16.5 Å². The fourth-order valence-corrected chi connectivity index (χ4v) is 4.31. The molecule has 3 heterocycles. The maximum atomic E-state index is 12.8. The van der Waals surface area contributed by atoms with Gasteiger partial charge in [0.05, 0.1) is 0 Å². The molecule has 0 spiro atoms. The maximum absolute atomic E-state index is 12.8. The smallest absolute Gasteiger partial charge is 0.244 e. The van der Waals surface area contributed by atoms with Crippen molar-refractivity contribution in [1.82, 2.24) is 20.0 Å². The van der Waals surface area contributed by atoms with E-state index in [0.717, 1.165) is 25.9 Å². The van der Waals surface area contributed by atoms with Crippen LogP contribution >= 0.6 is 0 Å². The van der Waals surface area contributed by atoms with Crippen molar-refractivity contribution in [3.63, 3.8) is 0 Å². The molecule has 1 aliphatic rings. The van der Waals surface area contributed by atoms with Gasteiger partial charge in [0, 0.05) is 31.4 Å². The van der Waals surface area contributed by atoms with Gasteiger partial charge in [0.2, 0.25) is 15.9 Å². The van der Waals surface area contributed by atoms with Crippen molar-refractivity contribution in [1.29, 1.82) is 0 Å². The van der Waals surface area contributed by atoms with E-state index < -0.39 is 10.0 Å². The SMILES string of the molecule is CC(=O)Nc1cc(-c2cnc(N)c(S(=O)(=O)NCC3CCCNC3)c2)ccn1. The van der Waals surface area contributed by atoms with Crippen LogP contribution in [0.1, 0.15) is 19.8 Å². The number of amides is 1. The first-order chi connectivity index (χ1) is 13.3. The fourth-order valence-electron chi connectivity index (χ4n) is 3.09. The van der Waals surface area contributed by atoms with Crippen molar-refractivity contribution >= 4 is 27.6 Å². The van der Waals surface area contributed by atoms with Crippen LogP contribution in [0.5, 0.6) is 0 Å². The van der Waals surface area contributed by atoms with Crippen molar-refractivity contribution in [2.75, 3.05) is 30.7 Å². The zero-order valence-electron chi connectivity index (χ0n) is 15.6. The molecule has 1 unspecified atom stereocenters. The number of sulfonamides is 1. The zero-order valence-corrected chi connectivity index (χ0v) is 16.4. The van der Waals surface area contributed by atoms with Crippen LogP contribution in [0.2, 0.25) is 0 Å². The molecule has 1 atom stereocenters. The van der Waals surface area contributed by atoms with Crippen molar-refractivity contribution in [3.8, 4) is 11.1 Å². The molecule has 1 aliphatic heterocycles. The lowest BCUT2D eigenvalue weighted by Gasteiger charge is -2.23. The minimum atomic E-state index is -3.80. The van der Waals surface area contributed by atoms with Crippen molar-refractivity contribution in [2.24, 2.45) is 5.92 Å². The molecule has 1 fully saturated rings. The highest BCUT2D eigenvalue weighted by Gasteiger charge is 2.22. The van der Waals surface area contributed by atoms with Crippen LogP contribution in [0.4, 0.5) is 11.6 Å². The first-order valence-electron chi connectivity index (χ1n) is 9.05. The lowest BCUT2D eigenvalue weighted by Crippen LogP contribution is -2.38. The Labute approximate surface area is 164 Å². The molecule has 3 rings (SSSR count). The van der Waals surface area contributed by atoms with E-state index in [0.29, 0.717) is 23.5 Å². The van der Waals surface area contributed by atoms with Gasteiger partial charge in [0.25, 0.3) is 0 Å². The molecule has 0 radical (unpaired) electrons. The molecule has 1 saturated heterocycles. The van der Waals surface area contributed by atoms with Gasteiger partial charge in [-0.15, -0.1) is 0 Å². The summed E-state index contributed by atoms with van der Waals surface area (Å²) in [5.74, 6) is 0.314. The fraction of sp³-hybridized carbons (Fsp3) is 0.389. The Morgan fingerprint density at radius 1 is 1.32 bits per heavy atom. The molecule has 2 aromatic rings. The number of aromatic nitrogens is 2. The zero-order chi connectivity index (χ0) is 20.1. The highest BCUT2D eigenvalue weighted by atomic mass is 32.2. The quantitative estimate of drug-likeness (QED) is 0.562. The highest BCUT2D eigenvalue weighted by molar-refractivity contribution is 7.89. The summed E-state index contributed by atoms with van der Waals surface area (Å²) in [6, 6.07) is 4.83. The summed E-state index contributed by atoms with van der Waals surface area (Å²) in [6.07, 6.45) is 5.03. The summed E-state index contributed by atoms with van der Waals surface area (Å²) in [5.41, 5.74) is 7.07. The first-order valence-corrected chi connectivity index (χ1v) is 10.5. The molecule has 5 N–H and O–H groups in total. The van der Waals surface area contributed by atoms with Gasteiger partial charge >= 0.3 is 0 Å². The molecule has 9 nitrogen and oxygen atoms in total. The molecule has 0 saturated carbocycles. The van der Waals surface area contributed by atoms with Crippen molar-refractivity contribution in [2.45, 2.75) is 24.7 Å². The minimum Gasteiger partial charge on any atom is -0.383 e. The average molecular weight is 404 g/mol. The van der Waals surface area contributed by atoms with E-state index in [1.807, 2.05) is 0 Å². The van der Waals surface area contributed by atoms with Gasteiger partial charge < -0.3 is 16.4 Å². The normalized spacial score (nSPS) is 17.2. The number of carbonyl (C=O) groups is 1. The van der Waals surface area contributed by atoms with Gasteiger partial charge in [-0.25, -0.2) is 23.1 Å². The Morgan fingerprint density at radius 3 is 2.86 bits per heavy atom. The van der Waals surface area contributed by atoms with E-state index in [9.17, 15) is 13.2 Å². The predicted molar refractivity (Wildman–Crippen MR) is 107 cm³/mol. The van der Waals surface area contributed by atoms with E-state index in [1.54, 1.807) is 12.1 Å². The number of hydrogen-bond acceptors (Lipinski definition) is 7. The second-order valence-electron chi connectivity index (χ2n) is 6.78. The van der Waals surface area contributed by atoms with Gasteiger partial charge in [-0.3, -0.25) is 4.79 Å². The number of nitrogens with one attached hydrogen (secondary N) is 3. The maximum Gasteiger partial charge on any atom is 0.244 e. The largest absolute Gasteiger partial charge is 0.383 e. The van der Waals surface area contributed by atoms with Crippen LogP contribution < -0.4 is 21.1 Å². The van der Waals surface area contributed by atoms with Crippen LogP contribution in [0.3, 0.4) is 0 Å². The van der Waals surface area contributed by atoms with E-state index >= 15 is 0 Å². The monoisotopic (exact) mass is 404 g/mol. The summed E-state index contributed by atoms with van der Waals surface area (Å²) in [7, 11) is -3.80. The standard InChI is InChI=1S/C18H24N6O3S/c1-12(25)24-17-8-14(4-6-21-17)15-7-16(18(19)22-11-15)28(26,27)23-10-13-3-2-5-20-9-13/h4,6-8,11,13,20,23H,2-3,5,9-10H2,1H3,(H2,19,22)(H,21,24,25). The van der Waals surface area contributed by atoms with E-state index in [2.05, 4.69) is 25.3 Å². The molecule has 10 heteroatoms. The second-order valence-corrected chi connectivity index (χ2v) is 8.52. The first kappa shape index (κ1) is 20.2. The predicted octanol–water partition coefficient (Wildman–Crippen LogP) is 0.962. The number of carbonyl (C=O) groups excluding carboxylic acids is 1. The molecule has 0 aliphatic carbocycles. The summed E-state index contributed by atoms with van der Waals surface area (Å²) in [6.45, 7) is 3.49. The molecule has 0 aromatic carbocycles. The third-order valence-electron chi connectivity index (χ3n) is 4.53.